The van der Waals surface area contributed by atoms with Crippen LogP contribution in [-0.4, -0.2) is 4.98 Å². The first-order chi connectivity index (χ1) is 5.43. The van der Waals surface area contributed by atoms with Crippen LogP contribution in [0.4, 0.5) is 0 Å². The van der Waals surface area contributed by atoms with E-state index in [1.54, 1.807) is 6.20 Å². The molecule has 0 spiro atoms. The topological polar surface area (TPSA) is 12.9 Å². The molecule has 1 aromatic heterocycles. The molecule has 0 fully saturated rings. The SMILES string of the molecule is CCCCCc1c[c]ncc1. The molecule has 1 radical (unpaired) electrons. The number of aryl methyl sites for hydroxylation is 1. The number of nitrogens with zero attached hydrogens (tertiary/aromatic N) is 1. The van der Waals surface area contributed by atoms with Crippen molar-refractivity contribution in [1.29, 1.82) is 0 Å². The predicted molar refractivity (Wildman–Crippen MR) is 46.3 cm³/mol. The fourth-order valence-electron chi connectivity index (χ4n) is 1.08. The molecule has 0 aliphatic rings. The van der Waals surface area contributed by atoms with Crippen LogP contribution < -0.4 is 0 Å². The molecule has 0 aliphatic carbocycles. The minimum atomic E-state index is 1.17. The average molecular weight is 148 g/mol. The molecule has 0 N–H and O–H groups in total. The van der Waals surface area contributed by atoms with Gasteiger partial charge in [0.2, 0.25) is 0 Å². The van der Waals surface area contributed by atoms with Gasteiger partial charge in [-0.3, -0.25) is 4.98 Å². The second-order valence-electron chi connectivity index (χ2n) is 2.75. The maximum absolute atomic E-state index is 3.85. The van der Waals surface area contributed by atoms with Gasteiger partial charge in [0.1, 0.15) is 0 Å². The van der Waals surface area contributed by atoms with Crippen molar-refractivity contribution in [2.24, 2.45) is 0 Å². The third-order valence-electron chi connectivity index (χ3n) is 1.76. The molecule has 1 heterocycles. The zero-order valence-corrected chi connectivity index (χ0v) is 7.01. The molecule has 0 unspecified atom stereocenters. The quantitative estimate of drug-likeness (QED) is 0.598. The van der Waals surface area contributed by atoms with Crippen molar-refractivity contribution in [2.75, 3.05) is 0 Å². The van der Waals surface area contributed by atoms with E-state index >= 15 is 0 Å². The first-order valence-electron chi connectivity index (χ1n) is 4.24. The lowest BCUT2D eigenvalue weighted by molar-refractivity contribution is 0.717. The van der Waals surface area contributed by atoms with Crippen LogP contribution in [0, 0.1) is 6.20 Å². The number of aromatic nitrogens is 1. The van der Waals surface area contributed by atoms with Gasteiger partial charge in [-0.2, -0.15) is 0 Å². The fourth-order valence-corrected chi connectivity index (χ4v) is 1.08. The minimum Gasteiger partial charge on any atom is -0.255 e. The molecular formula is C10H14N. The van der Waals surface area contributed by atoms with Crippen LogP contribution in [0.25, 0.3) is 0 Å². The van der Waals surface area contributed by atoms with Crippen LogP contribution in [0.1, 0.15) is 31.7 Å². The van der Waals surface area contributed by atoms with Crippen LogP contribution in [0.3, 0.4) is 0 Å². The van der Waals surface area contributed by atoms with E-state index in [1.165, 1.54) is 31.2 Å². The molecular weight excluding hydrogens is 134 g/mol. The summed E-state index contributed by atoms with van der Waals surface area (Å²) in [5.74, 6) is 0. The summed E-state index contributed by atoms with van der Waals surface area (Å²) >= 11 is 0. The van der Waals surface area contributed by atoms with Gasteiger partial charge in [-0.25, -0.2) is 0 Å². The Morgan fingerprint density at radius 3 is 3.00 bits per heavy atom. The highest BCUT2D eigenvalue weighted by atomic mass is 14.6. The molecule has 1 rings (SSSR count). The standard InChI is InChI=1S/C10H14N/c1-2-3-4-5-10-6-8-11-9-7-10/h6-8H,2-5H2,1H3. The van der Waals surface area contributed by atoms with Gasteiger partial charge < -0.3 is 0 Å². The van der Waals surface area contributed by atoms with E-state index < -0.39 is 0 Å². The lowest BCUT2D eigenvalue weighted by Crippen LogP contribution is -1.84. The number of unbranched alkanes of at least 4 members (excludes halogenated alkanes) is 2. The molecule has 11 heavy (non-hydrogen) atoms. The molecule has 1 aromatic rings. The van der Waals surface area contributed by atoms with E-state index in [0.29, 0.717) is 0 Å². The van der Waals surface area contributed by atoms with Gasteiger partial charge in [0, 0.05) is 6.20 Å². The van der Waals surface area contributed by atoms with Crippen molar-refractivity contribution in [2.45, 2.75) is 32.6 Å². The second kappa shape index (κ2) is 4.89. The Morgan fingerprint density at radius 2 is 2.36 bits per heavy atom. The van der Waals surface area contributed by atoms with Gasteiger partial charge in [0.25, 0.3) is 0 Å². The number of rotatable bonds is 4. The third-order valence-corrected chi connectivity index (χ3v) is 1.76. The molecule has 59 valence electrons. The number of pyridine rings is 1. The van der Waals surface area contributed by atoms with Crippen molar-refractivity contribution in [3.63, 3.8) is 0 Å². The Kier molecular flexibility index (Phi) is 3.67. The molecule has 0 atom stereocenters. The van der Waals surface area contributed by atoms with Gasteiger partial charge in [0.05, 0.1) is 6.20 Å². The second-order valence-corrected chi connectivity index (χ2v) is 2.75. The molecule has 1 heteroatoms. The summed E-state index contributed by atoms with van der Waals surface area (Å²) in [6, 6.07) is 4.03. The summed E-state index contributed by atoms with van der Waals surface area (Å²) in [5, 5.41) is 0. The van der Waals surface area contributed by atoms with E-state index in [-0.39, 0.29) is 0 Å². The molecule has 0 saturated heterocycles. The maximum Gasteiger partial charge on any atom is 0.0888 e. The van der Waals surface area contributed by atoms with Crippen LogP contribution in [0.2, 0.25) is 0 Å². The highest BCUT2D eigenvalue weighted by molar-refractivity contribution is 5.08. The first-order valence-corrected chi connectivity index (χ1v) is 4.24. The third kappa shape index (κ3) is 3.17. The van der Waals surface area contributed by atoms with Gasteiger partial charge in [-0.15, -0.1) is 0 Å². The zero-order chi connectivity index (χ0) is 7.94. The molecule has 0 aliphatic heterocycles. The largest absolute Gasteiger partial charge is 0.255 e. The molecule has 0 amide bonds. The zero-order valence-electron chi connectivity index (χ0n) is 7.01. The van der Waals surface area contributed by atoms with Gasteiger partial charge >= 0.3 is 0 Å². The lowest BCUT2D eigenvalue weighted by atomic mass is 10.1. The summed E-state index contributed by atoms with van der Waals surface area (Å²) < 4.78 is 0. The Bertz CT molecular complexity index is 181. The van der Waals surface area contributed by atoms with Crippen LogP contribution >= 0.6 is 0 Å². The van der Waals surface area contributed by atoms with E-state index in [2.05, 4.69) is 24.2 Å². The van der Waals surface area contributed by atoms with E-state index in [1.807, 2.05) is 6.07 Å². The van der Waals surface area contributed by atoms with Gasteiger partial charge in [0.15, 0.2) is 0 Å². The Hall–Kier alpha value is -0.850. The summed E-state index contributed by atoms with van der Waals surface area (Å²) in [6.45, 7) is 2.22. The maximum atomic E-state index is 3.85. The highest BCUT2D eigenvalue weighted by Gasteiger charge is 1.90. The summed E-state index contributed by atoms with van der Waals surface area (Å²) in [4.78, 5) is 3.85. The minimum absolute atomic E-state index is 1.17. The van der Waals surface area contributed by atoms with E-state index in [0.717, 1.165) is 0 Å². The monoisotopic (exact) mass is 148 g/mol. The van der Waals surface area contributed by atoms with Crippen molar-refractivity contribution in [1.82, 2.24) is 4.98 Å². The van der Waals surface area contributed by atoms with Crippen molar-refractivity contribution in [3.8, 4) is 0 Å². The smallest absolute Gasteiger partial charge is 0.0888 e. The first kappa shape index (κ1) is 8.25. The normalized spacial score (nSPS) is 9.91. The van der Waals surface area contributed by atoms with E-state index in [9.17, 15) is 0 Å². The van der Waals surface area contributed by atoms with Crippen LogP contribution in [-0.2, 0) is 6.42 Å². The summed E-state index contributed by atoms with van der Waals surface area (Å²) in [6.07, 6.45) is 9.71. The number of hydrogen-bond donors (Lipinski definition) is 0. The highest BCUT2D eigenvalue weighted by Crippen LogP contribution is 2.03. The summed E-state index contributed by atoms with van der Waals surface area (Å²) in [7, 11) is 0. The lowest BCUT2D eigenvalue weighted by Gasteiger charge is -1.97. The summed E-state index contributed by atoms with van der Waals surface area (Å²) in [5.41, 5.74) is 1.36. The number of hydrogen-bond acceptors (Lipinski definition) is 1. The average Bonchev–Trinajstić information content (AvgIpc) is 2.07. The van der Waals surface area contributed by atoms with Crippen LogP contribution in [0.15, 0.2) is 18.3 Å². The Morgan fingerprint density at radius 1 is 1.45 bits per heavy atom. The Labute approximate surface area is 68.5 Å². The van der Waals surface area contributed by atoms with Crippen molar-refractivity contribution < 1.29 is 0 Å². The van der Waals surface area contributed by atoms with Crippen molar-refractivity contribution >= 4 is 0 Å². The van der Waals surface area contributed by atoms with Crippen molar-refractivity contribution in [3.05, 3.63) is 30.1 Å². The molecule has 0 saturated carbocycles. The van der Waals surface area contributed by atoms with Gasteiger partial charge in [-0.05, 0) is 30.5 Å². The Balaban J connectivity index is 2.28. The molecule has 0 bridgehead atoms. The molecule has 0 aromatic carbocycles. The van der Waals surface area contributed by atoms with Crippen LogP contribution in [0.5, 0.6) is 0 Å². The fraction of sp³-hybridized carbons (Fsp3) is 0.500. The van der Waals surface area contributed by atoms with E-state index in [4.69, 9.17) is 0 Å². The predicted octanol–water partition coefficient (Wildman–Crippen LogP) is 2.61. The molecule has 1 nitrogen and oxygen atoms in total. The van der Waals surface area contributed by atoms with Gasteiger partial charge in [-0.1, -0.05) is 19.8 Å².